The predicted molar refractivity (Wildman–Crippen MR) is 89.1 cm³/mol. The van der Waals surface area contributed by atoms with E-state index in [0.29, 0.717) is 25.1 Å². The number of benzene rings is 2. The first-order valence-corrected chi connectivity index (χ1v) is 7.35. The van der Waals surface area contributed by atoms with E-state index in [4.69, 9.17) is 10.00 Å². The van der Waals surface area contributed by atoms with Gasteiger partial charge in [-0.25, -0.2) is 0 Å². The van der Waals surface area contributed by atoms with E-state index >= 15 is 0 Å². The zero-order chi connectivity index (χ0) is 16.5. The summed E-state index contributed by atoms with van der Waals surface area (Å²) < 4.78 is 5.25. The summed E-state index contributed by atoms with van der Waals surface area (Å²) in [7, 11) is 1.61. The number of hydrogen-bond acceptors (Lipinski definition) is 4. The van der Waals surface area contributed by atoms with Crippen molar-refractivity contribution < 1.29 is 9.53 Å². The SMILES string of the molecule is COc1ccccc1CNC(=O)CCNc1cccc(C#N)c1. The monoisotopic (exact) mass is 309 g/mol. The molecule has 2 aromatic carbocycles. The molecule has 2 N–H and O–H groups in total. The van der Waals surface area contributed by atoms with Gasteiger partial charge in [0.2, 0.25) is 5.91 Å². The minimum Gasteiger partial charge on any atom is -0.496 e. The zero-order valence-electron chi connectivity index (χ0n) is 13.0. The van der Waals surface area contributed by atoms with E-state index in [0.717, 1.165) is 17.0 Å². The van der Waals surface area contributed by atoms with Crippen LogP contribution in [0.4, 0.5) is 5.69 Å². The van der Waals surface area contributed by atoms with Gasteiger partial charge in [-0.1, -0.05) is 24.3 Å². The molecular formula is C18H19N3O2. The molecule has 5 nitrogen and oxygen atoms in total. The summed E-state index contributed by atoms with van der Waals surface area (Å²) in [6, 6.07) is 16.8. The predicted octanol–water partition coefficient (Wildman–Crippen LogP) is 2.69. The highest BCUT2D eigenvalue weighted by atomic mass is 16.5. The standard InChI is InChI=1S/C18H19N3O2/c1-23-17-8-3-2-6-15(17)13-21-18(22)9-10-20-16-7-4-5-14(11-16)12-19/h2-8,11,20H,9-10,13H2,1H3,(H,21,22). The summed E-state index contributed by atoms with van der Waals surface area (Å²) in [6.07, 6.45) is 0.353. The Morgan fingerprint density at radius 1 is 1.22 bits per heavy atom. The van der Waals surface area contributed by atoms with Crippen molar-refractivity contribution in [3.8, 4) is 11.8 Å². The molecule has 0 aromatic heterocycles. The zero-order valence-corrected chi connectivity index (χ0v) is 13.0. The second kappa shape index (κ2) is 8.44. The number of nitrogens with one attached hydrogen (secondary N) is 2. The molecule has 0 aliphatic carbocycles. The molecule has 0 atom stereocenters. The molecule has 0 bridgehead atoms. The number of anilines is 1. The van der Waals surface area contributed by atoms with Crippen molar-refractivity contribution in [3.05, 3.63) is 59.7 Å². The first-order valence-electron chi connectivity index (χ1n) is 7.35. The van der Waals surface area contributed by atoms with Crippen LogP contribution in [0.5, 0.6) is 5.75 Å². The van der Waals surface area contributed by atoms with Crippen LogP contribution < -0.4 is 15.4 Å². The van der Waals surface area contributed by atoms with E-state index in [-0.39, 0.29) is 5.91 Å². The summed E-state index contributed by atoms with van der Waals surface area (Å²) in [5.41, 5.74) is 2.37. The highest BCUT2D eigenvalue weighted by Gasteiger charge is 2.05. The maximum Gasteiger partial charge on any atom is 0.222 e. The molecule has 2 aromatic rings. The molecule has 0 spiro atoms. The highest BCUT2D eigenvalue weighted by molar-refractivity contribution is 5.76. The van der Waals surface area contributed by atoms with Gasteiger partial charge in [0, 0.05) is 30.8 Å². The molecular weight excluding hydrogens is 290 g/mol. The quantitative estimate of drug-likeness (QED) is 0.824. The Morgan fingerprint density at radius 3 is 2.83 bits per heavy atom. The summed E-state index contributed by atoms with van der Waals surface area (Å²) >= 11 is 0. The molecule has 118 valence electrons. The van der Waals surface area contributed by atoms with Crippen molar-refractivity contribution in [2.75, 3.05) is 19.0 Å². The van der Waals surface area contributed by atoms with Crippen molar-refractivity contribution in [2.45, 2.75) is 13.0 Å². The molecule has 0 heterocycles. The van der Waals surface area contributed by atoms with Crippen molar-refractivity contribution in [1.29, 1.82) is 5.26 Å². The van der Waals surface area contributed by atoms with E-state index in [1.54, 1.807) is 19.2 Å². The largest absolute Gasteiger partial charge is 0.496 e. The Balaban J connectivity index is 1.76. The molecule has 0 aliphatic rings. The highest BCUT2D eigenvalue weighted by Crippen LogP contribution is 2.16. The van der Waals surface area contributed by atoms with Gasteiger partial charge in [-0.2, -0.15) is 5.26 Å². The topological polar surface area (TPSA) is 74.2 Å². The fourth-order valence-electron chi connectivity index (χ4n) is 2.15. The molecule has 0 saturated heterocycles. The Bertz CT molecular complexity index is 707. The van der Waals surface area contributed by atoms with Crippen molar-refractivity contribution >= 4 is 11.6 Å². The Morgan fingerprint density at radius 2 is 2.04 bits per heavy atom. The van der Waals surface area contributed by atoms with Crippen LogP contribution in [0.3, 0.4) is 0 Å². The van der Waals surface area contributed by atoms with E-state index in [9.17, 15) is 4.79 Å². The number of rotatable bonds is 7. The lowest BCUT2D eigenvalue weighted by Crippen LogP contribution is -2.25. The van der Waals surface area contributed by atoms with Crippen LogP contribution >= 0.6 is 0 Å². The summed E-state index contributed by atoms with van der Waals surface area (Å²) in [6.45, 7) is 0.944. The maximum absolute atomic E-state index is 11.9. The van der Waals surface area contributed by atoms with Gasteiger partial charge in [0.15, 0.2) is 0 Å². The van der Waals surface area contributed by atoms with Gasteiger partial charge in [0.25, 0.3) is 0 Å². The lowest BCUT2D eigenvalue weighted by atomic mass is 10.2. The van der Waals surface area contributed by atoms with Crippen LogP contribution in [0.2, 0.25) is 0 Å². The Hall–Kier alpha value is -3.00. The first kappa shape index (κ1) is 16.4. The van der Waals surface area contributed by atoms with Gasteiger partial charge in [-0.15, -0.1) is 0 Å². The lowest BCUT2D eigenvalue weighted by Gasteiger charge is -2.10. The molecule has 0 fully saturated rings. The number of methoxy groups -OCH3 is 1. The summed E-state index contributed by atoms with van der Waals surface area (Å²) in [5, 5.41) is 14.9. The van der Waals surface area contributed by atoms with Crippen molar-refractivity contribution in [2.24, 2.45) is 0 Å². The van der Waals surface area contributed by atoms with Gasteiger partial charge in [-0.05, 0) is 24.3 Å². The first-order chi connectivity index (χ1) is 11.2. The lowest BCUT2D eigenvalue weighted by molar-refractivity contribution is -0.121. The normalized spacial score (nSPS) is 9.74. The number of amides is 1. The van der Waals surface area contributed by atoms with Crippen molar-refractivity contribution in [1.82, 2.24) is 5.32 Å². The van der Waals surface area contributed by atoms with Crippen LogP contribution in [-0.4, -0.2) is 19.6 Å². The number of hydrogen-bond donors (Lipinski definition) is 2. The van der Waals surface area contributed by atoms with Gasteiger partial charge >= 0.3 is 0 Å². The van der Waals surface area contributed by atoms with E-state index < -0.39 is 0 Å². The molecule has 0 unspecified atom stereocenters. The average molecular weight is 309 g/mol. The molecule has 2 rings (SSSR count). The van der Waals surface area contributed by atoms with E-state index in [1.165, 1.54) is 0 Å². The van der Waals surface area contributed by atoms with Crippen LogP contribution in [-0.2, 0) is 11.3 Å². The van der Waals surface area contributed by atoms with Crippen LogP contribution in [0.25, 0.3) is 0 Å². The third-order valence-electron chi connectivity index (χ3n) is 3.34. The third-order valence-corrected chi connectivity index (χ3v) is 3.34. The molecule has 23 heavy (non-hydrogen) atoms. The van der Waals surface area contributed by atoms with Gasteiger partial charge < -0.3 is 15.4 Å². The van der Waals surface area contributed by atoms with Crippen molar-refractivity contribution in [3.63, 3.8) is 0 Å². The molecule has 1 amide bonds. The maximum atomic E-state index is 11.9. The van der Waals surface area contributed by atoms with Gasteiger partial charge in [-0.3, -0.25) is 4.79 Å². The molecule has 0 radical (unpaired) electrons. The van der Waals surface area contributed by atoms with Crippen LogP contribution in [0.15, 0.2) is 48.5 Å². The molecule has 0 saturated carbocycles. The summed E-state index contributed by atoms with van der Waals surface area (Å²) in [5.74, 6) is 0.721. The fraction of sp³-hybridized carbons (Fsp3) is 0.222. The van der Waals surface area contributed by atoms with E-state index in [1.807, 2.05) is 36.4 Å². The Labute approximate surface area is 135 Å². The number of nitrogens with zero attached hydrogens (tertiary/aromatic N) is 1. The minimum absolute atomic E-state index is 0.0418. The minimum atomic E-state index is -0.0418. The van der Waals surface area contributed by atoms with Crippen LogP contribution in [0, 0.1) is 11.3 Å². The average Bonchev–Trinajstić information content (AvgIpc) is 2.60. The number of carbonyl (C=O) groups is 1. The number of carbonyl (C=O) groups excluding carboxylic acids is 1. The second-order valence-electron chi connectivity index (χ2n) is 4.96. The van der Waals surface area contributed by atoms with E-state index in [2.05, 4.69) is 16.7 Å². The second-order valence-corrected chi connectivity index (χ2v) is 4.96. The molecule has 5 heteroatoms. The number of ether oxygens (including phenoxy) is 1. The smallest absolute Gasteiger partial charge is 0.222 e. The van der Waals surface area contributed by atoms with Gasteiger partial charge in [0.1, 0.15) is 5.75 Å². The summed E-state index contributed by atoms with van der Waals surface area (Å²) in [4.78, 5) is 11.9. The van der Waals surface area contributed by atoms with Gasteiger partial charge in [0.05, 0.1) is 18.7 Å². The number of nitriles is 1. The number of para-hydroxylation sites is 1. The Kier molecular flexibility index (Phi) is 6.01. The fourth-order valence-corrected chi connectivity index (χ4v) is 2.15. The third kappa shape index (κ3) is 5.04. The molecule has 0 aliphatic heterocycles. The van der Waals surface area contributed by atoms with Crippen LogP contribution in [0.1, 0.15) is 17.5 Å².